The molecule has 0 unspecified atom stereocenters. The van der Waals surface area contributed by atoms with Crippen LogP contribution in [0.15, 0.2) is 24.4 Å². The van der Waals surface area contributed by atoms with E-state index in [1.54, 1.807) is 25.2 Å². The van der Waals surface area contributed by atoms with Crippen molar-refractivity contribution < 1.29 is 14.6 Å². The van der Waals surface area contributed by atoms with E-state index in [2.05, 4.69) is 10.4 Å². The Balaban J connectivity index is 2.17. The van der Waals surface area contributed by atoms with E-state index in [1.165, 1.54) is 18.0 Å². The van der Waals surface area contributed by atoms with Crippen LogP contribution in [-0.4, -0.2) is 28.0 Å². The second kappa shape index (κ2) is 5.83. The van der Waals surface area contributed by atoms with E-state index in [0.717, 1.165) is 5.69 Å². The number of rotatable bonds is 5. The molecule has 7 heteroatoms. The topological polar surface area (TPSA) is 76.4 Å². The zero-order chi connectivity index (χ0) is 14.7. The van der Waals surface area contributed by atoms with Crippen LogP contribution in [0.2, 0.25) is 5.02 Å². The van der Waals surface area contributed by atoms with Crippen LogP contribution in [0.3, 0.4) is 0 Å². The van der Waals surface area contributed by atoms with Crippen LogP contribution in [0.4, 0.5) is 5.69 Å². The number of aromatic nitrogens is 2. The van der Waals surface area contributed by atoms with Gasteiger partial charge in [0.1, 0.15) is 11.3 Å². The highest BCUT2D eigenvalue weighted by Gasteiger charge is 2.14. The van der Waals surface area contributed by atoms with Crippen molar-refractivity contribution >= 4 is 23.3 Å². The Labute approximate surface area is 120 Å². The molecule has 1 aromatic carbocycles. The van der Waals surface area contributed by atoms with Crippen LogP contribution < -0.4 is 10.1 Å². The lowest BCUT2D eigenvalue weighted by Crippen LogP contribution is -2.10. The predicted octanol–water partition coefficient (Wildman–Crippen LogP) is 2.39. The maximum absolute atomic E-state index is 11.1. The lowest BCUT2D eigenvalue weighted by Gasteiger charge is -2.10. The van der Waals surface area contributed by atoms with E-state index in [1.807, 2.05) is 0 Å². The van der Waals surface area contributed by atoms with Crippen molar-refractivity contribution in [1.29, 1.82) is 0 Å². The number of hydrogen-bond acceptors (Lipinski definition) is 4. The summed E-state index contributed by atoms with van der Waals surface area (Å²) < 4.78 is 6.66. The summed E-state index contributed by atoms with van der Waals surface area (Å²) in [7, 11) is 3.24. The first kappa shape index (κ1) is 14.2. The van der Waals surface area contributed by atoms with Gasteiger partial charge in [0.2, 0.25) is 0 Å². The lowest BCUT2D eigenvalue weighted by molar-refractivity contribution is 0.0695. The molecule has 6 nitrogen and oxygen atoms in total. The number of nitrogens with one attached hydrogen (secondary N) is 1. The quantitative estimate of drug-likeness (QED) is 0.886. The summed E-state index contributed by atoms with van der Waals surface area (Å²) in [6.45, 7) is 0.336. The van der Waals surface area contributed by atoms with Gasteiger partial charge in [-0.05, 0) is 12.1 Å². The molecule has 0 amide bonds. The molecule has 0 saturated carbocycles. The average molecular weight is 296 g/mol. The Hall–Kier alpha value is -2.21. The molecule has 0 radical (unpaired) electrons. The largest absolute Gasteiger partial charge is 0.495 e. The number of nitrogens with zero attached hydrogens (tertiary/aromatic N) is 2. The van der Waals surface area contributed by atoms with Gasteiger partial charge in [0.05, 0.1) is 30.6 Å². The lowest BCUT2D eigenvalue weighted by atomic mass is 10.2. The van der Waals surface area contributed by atoms with Crippen LogP contribution in [0, 0.1) is 0 Å². The molecule has 0 aliphatic carbocycles. The van der Waals surface area contributed by atoms with Gasteiger partial charge in [0.15, 0.2) is 0 Å². The summed E-state index contributed by atoms with van der Waals surface area (Å²) in [6, 6.07) is 5.25. The van der Waals surface area contributed by atoms with E-state index >= 15 is 0 Å². The molecular formula is C13H14ClN3O3. The molecule has 2 aromatic rings. The summed E-state index contributed by atoms with van der Waals surface area (Å²) in [4.78, 5) is 11.1. The van der Waals surface area contributed by atoms with Crippen LogP contribution in [0.5, 0.6) is 5.75 Å². The molecule has 0 aliphatic rings. The number of carbonyl (C=O) groups is 1. The molecule has 0 bridgehead atoms. The summed E-state index contributed by atoms with van der Waals surface area (Å²) >= 11 is 5.94. The van der Waals surface area contributed by atoms with E-state index in [9.17, 15) is 4.79 Å². The van der Waals surface area contributed by atoms with Gasteiger partial charge in [-0.25, -0.2) is 4.79 Å². The van der Waals surface area contributed by atoms with Crippen molar-refractivity contribution in [1.82, 2.24) is 9.78 Å². The Bertz CT molecular complexity index is 640. The van der Waals surface area contributed by atoms with E-state index < -0.39 is 5.97 Å². The van der Waals surface area contributed by atoms with Gasteiger partial charge in [-0.3, -0.25) is 4.68 Å². The minimum absolute atomic E-state index is 0.181. The number of hydrogen-bond donors (Lipinski definition) is 2. The van der Waals surface area contributed by atoms with Gasteiger partial charge in [-0.1, -0.05) is 11.6 Å². The van der Waals surface area contributed by atoms with Crippen molar-refractivity contribution in [2.45, 2.75) is 6.54 Å². The number of benzene rings is 1. The highest BCUT2D eigenvalue weighted by atomic mass is 35.5. The minimum atomic E-state index is -0.997. The number of methoxy groups -OCH3 is 1. The third kappa shape index (κ3) is 2.85. The second-order valence-electron chi connectivity index (χ2n) is 4.14. The molecule has 106 valence electrons. The molecule has 2 rings (SSSR count). The summed E-state index contributed by atoms with van der Waals surface area (Å²) in [5, 5.41) is 16.7. The number of carboxylic acid groups (broad SMARTS) is 1. The fourth-order valence-electron chi connectivity index (χ4n) is 1.81. The number of aryl methyl sites for hydroxylation is 1. The Morgan fingerprint density at radius 1 is 1.55 bits per heavy atom. The number of aromatic carboxylic acids is 1. The van der Waals surface area contributed by atoms with Crippen molar-refractivity contribution in [3.8, 4) is 5.75 Å². The van der Waals surface area contributed by atoms with Crippen molar-refractivity contribution in [2.75, 3.05) is 12.4 Å². The van der Waals surface area contributed by atoms with Crippen LogP contribution in [-0.2, 0) is 13.6 Å². The standard InChI is InChI=1S/C13H14ClN3O3/c1-17-11(9(6-16-17)13(18)19)7-15-8-3-4-10(14)12(5-8)20-2/h3-6,15H,7H2,1-2H3,(H,18,19). The first-order chi connectivity index (χ1) is 9.52. The molecule has 2 N–H and O–H groups in total. The maximum atomic E-state index is 11.1. The SMILES string of the molecule is COc1cc(NCc2c(C(=O)O)cnn2C)ccc1Cl. The maximum Gasteiger partial charge on any atom is 0.339 e. The van der Waals surface area contributed by atoms with Gasteiger partial charge in [-0.15, -0.1) is 0 Å². The second-order valence-corrected chi connectivity index (χ2v) is 4.54. The van der Waals surface area contributed by atoms with Gasteiger partial charge in [-0.2, -0.15) is 5.10 Å². The normalized spacial score (nSPS) is 10.3. The summed E-state index contributed by atoms with van der Waals surface area (Å²) in [5.41, 5.74) is 1.55. The molecule has 0 atom stereocenters. The molecule has 1 heterocycles. The Morgan fingerprint density at radius 2 is 2.30 bits per heavy atom. The van der Waals surface area contributed by atoms with Crippen LogP contribution in [0.25, 0.3) is 0 Å². The zero-order valence-electron chi connectivity index (χ0n) is 11.1. The molecule has 20 heavy (non-hydrogen) atoms. The monoisotopic (exact) mass is 295 g/mol. The highest BCUT2D eigenvalue weighted by Crippen LogP contribution is 2.27. The minimum Gasteiger partial charge on any atom is -0.495 e. The fraction of sp³-hybridized carbons (Fsp3) is 0.231. The Morgan fingerprint density at radius 3 is 2.95 bits per heavy atom. The van der Waals surface area contributed by atoms with Crippen molar-refractivity contribution in [3.05, 3.63) is 40.7 Å². The summed E-state index contributed by atoms with van der Waals surface area (Å²) in [6.07, 6.45) is 1.34. The predicted molar refractivity (Wildman–Crippen MR) is 75.5 cm³/mol. The number of halogens is 1. The van der Waals surface area contributed by atoms with Gasteiger partial charge in [0, 0.05) is 18.8 Å². The first-order valence-corrected chi connectivity index (χ1v) is 6.22. The summed E-state index contributed by atoms with van der Waals surface area (Å²) in [5.74, 6) is -0.441. The van der Waals surface area contributed by atoms with Crippen molar-refractivity contribution in [2.24, 2.45) is 7.05 Å². The van der Waals surface area contributed by atoms with E-state index in [-0.39, 0.29) is 5.56 Å². The van der Waals surface area contributed by atoms with Crippen LogP contribution in [0.1, 0.15) is 16.1 Å². The first-order valence-electron chi connectivity index (χ1n) is 5.84. The molecular weight excluding hydrogens is 282 g/mol. The molecule has 0 saturated heterocycles. The zero-order valence-corrected chi connectivity index (χ0v) is 11.8. The van der Waals surface area contributed by atoms with E-state index in [0.29, 0.717) is 23.0 Å². The molecule has 1 aromatic heterocycles. The number of carboxylic acids is 1. The fourth-order valence-corrected chi connectivity index (χ4v) is 2.00. The molecule has 0 aliphatic heterocycles. The third-order valence-corrected chi connectivity index (χ3v) is 3.22. The van der Waals surface area contributed by atoms with Crippen LogP contribution >= 0.6 is 11.6 Å². The number of anilines is 1. The third-order valence-electron chi connectivity index (χ3n) is 2.90. The Kier molecular flexibility index (Phi) is 4.14. The number of ether oxygens (including phenoxy) is 1. The van der Waals surface area contributed by atoms with Crippen molar-refractivity contribution in [3.63, 3.8) is 0 Å². The smallest absolute Gasteiger partial charge is 0.339 e. The molecule has 0 spiro atoms. The highest BCUT2D eigenvalue weighted by molar-refractivity contribution is 6.32. The average Bonchev–Trinajstić information content (AvgIpc) is 2.79. The van der Waals surface area contributed by atoms with E-state index in [4.69, 9.17) is 21.4 Å². The van der Waals surface area contributed by atoms with Gasteiger partial charge >= 0.3 is 5.97 Å². The molecule has 0 fully saturated rings. The van der Waals surface area contributed by atoms with Gasteiger partial charge in [0.25, 0.3) is 0 Å². The van der Waals surface area contributed by atoms with Gasteiger partial charge < -0.3 is 15.2 Å².